The fraction of sp³-hybridized carbons (Fsp3) is 0.438. The van der Waals surface area contributed by atoms with E-state index in [-0.39, 0.29) is 0 Å². The fourth-order valence-electron chi connectivity index (χ4n) is 3.20. The molecule has 1 unspecified atom stereocenters. The van der Waals surface area contributed by atoms with Gasteiger partial charge >= 0.3 is 0 Å². The molecule has 0 amide bonds. The molecule has 1 aliphatic carbocycles. The molecule has 0 spiro atoms. The van der Waals surface area contributed by atoms with Gasteiger partial charge in [0.15, 0.2) is 10.8 Å². The average molecular weight is 358 g/mol. The third kappa shape index (κ3) is 2.68. The van der Waals surface area contributed by atoms with Crippen molar-refractivity contribution in [1.29, 1.82) is 0 Å². The highest BCUT2D eigenvalue weighted by molar-refractivity contribution is 7.98. The minimum atomic E-state index is 0.447. The van der Waals surface area contributed by atoms with Crippen molar-refractivity contribution >= 4 is 34.7 Å². The molecule has 1 saturated heterocycles. The van der Waals surface area contributed by atoms with Crippen molar-refractivity contribution in [2.45, 2.75) is 30.6 Å². The summed E-state index contributed by atoms with van der Waals surface area (Å²) < 4.78 is 3.67. The lowest BCUT2D eigenvalue weighted by atomic mass is 10.1. The molecule has 1 atom stereocenters. The molecule has 0 bridgehead atoms. The van der Waals surface area contributed by atoms with Gasteiger partial charge in [-0.25, -0.2) is 4.98 Å². The number of nitrogens with one attached hydrogen (secondary N) is 2. The highest BCUT2D eigenvalue weighted by Crippen LogP contribution is 2.37. The number of amidine groups is 1. The molecule has 2 aliphatic heterocycles. The van der Waals surface area contributed by atoms with Gasteiger partial charge in [0.1, 0.15) is 0 Å². The molecule has 24 heavy (non-hydrogen) atoms. The maximum Gasteiger partial charge on any atom is 0.165 e. The van der Waals surface area contributed by atoms with Crippen LogP contribution in [0.4, 0.5) is 0 Å². The fourth-order valence-corrected chi connectivity index (χ4v) is 4.77. The number of H-pyrrole nitrogens is 1. The summed E-state index contributed by atoms with van der Waals surface area (Å²) >= 11 is 3.56. The van der Waals surface area contributed by atoms with E-state index in [0.29, 0.717) is 12.6 Å². The van der Waals surface area contributed by atoms with Gasteiger partial charge in [-0.05, 0) is 18.9 Å². The van der Waals surface area contributed by atoms with Gasteiger partial charge in [-0.1, -0.05) is 11.9 Å². The summed E-state index contributed by atoms with van der Waals surface area (Å²) in [6, 6.07) is 2.48. The highest BCUT2D eigenvalue weighted by Gasteiger charge is 2.37. The normalized spacial score (nSPS) is 23.6. The number of aliphatic imine (C=N–C) groups is 1. The number of aromatic nitrogens is 3. The van der Waals surface area contributed by atoms with Crippen LogP contribution in [0.15, 0.2) is 34.5 Å². The summed E-state index contributed by atoms with van der Waals surface area (Å²) in [7, 11) is 0. The monoisotopic (exact) mass is 358 g/mol. The lowest BCUT2D eigenvalue weighted by Gasteiger charge is -2.27. The van der Waals surface area contributed by atoms with Crippen LogP contribution in [0.5, 0.6) is 0 Å². The smallest absolute Gasteiger partial charge is 0.165 e. The number of aromatic amines is 1. The van der Waals surface area contributed by atoms with Crippen LogP contribution in [0.2, 0.25) is 0 Å². The molecule has 1 saturated carbocycles. The summed E-state index contributed by atoms with van der Waals surface area (Å²) in [6.07, 6.45) is 7.44. The first kappa shape index (κ1) is 14.7. The van der Waals surface area contributed by atoms with Crippen molar-refractivity contribution in [3.63, 3.8) is 0 Å². The molecule has 3 aliphatic rings. The largest absolute Gasteiger partial charge is 0.326 e. The third-order valence-electron chi connectivity index (χ3n) is 4.52. The Bertz CT molecular complexity index is 776. The van der Waals surface area contributed by atoms with Crippen molar-refractivity contribution < 1.29 is 0 Å². The zero-order valence-electron chi connectivity index (χ0n) is 13.1. The van der Waals surface area contributed by atoms with Crippen molar-refractivity contribution in [2.24, 2.45) is 4.99 Å². The number of hydrogen-bond donors (Lipinski definition) is 2. The minimum Gasteiger partial charge on any atom is -0.326 e. The lowest BCUT2D eigenvalue weighted by molar-refractivity contribution is 0.544. The molecule has 0 aromatic carbocycles. The van der Waals surface area contributed by atoms with Gasteiger partial charge in [-0.15, -0.1) is 11.3 Å². The van der Waals surface area contributed by atoms with Gasteiger partial charge in [0.25, 0.3) is 0 Å². The molecule has 4 heterocycles. The van der Waals surface area contributed by atoms with Crippen LogP contribution in [0.3, 0.4) is 0 Å². The first-order valence-corrected chi connectivity index (χ1v) is 9.99. The Labute approximate surface area is 148 Å². The average Bonchev–Trinajstić information content (AvgIpc) is 3.07. The second-order valence-electron chi connectivity index (χ2n) is 6.31. The molecule has 2 N–H and O–H groups in total. The van der Waals surface area contributed by atoms with E-state index in [2.05, 4.69) is 24.8 Å². The van der Waals surface area contributed by atoms with Gasteiger partial charge in [0.05, 0.1) is 12.2 Å². The predicted octanol–water partition coefficient (Wildman–Crippen LogP) is 2.51. The van der Waals surface area contributed by atoms with E-state index in [0.717, 1.165) is 34.8 Å². The highest BCUT2D eigenvalue weighted by atomic mass is 32.2. The number of hydrogen-bond acceptors (Lipinski definition) is 7. The number of fused-ring (bicyclic) bond motifs is 1. The summed E-state index contributed by atoms with van der Waals surface area (Å²) in [5.74, 6) is 1.01. The van der Waals surface area contributed by atoms with Gasteiger partial charge in [0, 0.05) is 53.3 Å². The Kier molecular flexibility index (Phi) is 3.68. The van der Waals surface area contributed by atoms with Gasteiger partial charge < -0.3 is 4.90 Å². The Morgan fingerprint density at radius 1 is 1.38 bits per heavy atom. The van der Waals surface area contributed by atoms with E-state index in [1.165, 1.54) is 24.1 Å². The van der Waals surface area contributed by atoms with Crippen LogP contribution in [0, 0.1) is 0 Å². The standard InChI is InChI=1S/C16H18N6S2/c1-2-11(1)24-21-10-7-14-12(13-3-4-19-20-13)8-18-15(22(14)9-10)16-17-5-6-23-16/h3-6,10-11,21H,1-2,7-9H2,(H,19,20). The first-order chi connectivity index (χ1) is 11.9. The lowest BCUT2D eigenvalue weighted by Crippen LogP contribution is -2.35. The van der Waals surface area contributed by atoms with Crippen LogP contribution >= 0.6 is 23.3 Å². The van der Waals surface area contributed by atoms with Crippen LogP contribution in [0.25, 0.3) is 5.57 Å². The molecule has 2 aromatic rings. The van der Waals surface area contributed by atoms with Crippen molar-refractivity contribution in [2.75, 3.05) is 13.1 Å². The van der Waals surface area contributed by atoms with Crippen molar-refractivity contribution in [3.8, 4) is 0 Å². The van der Waals surface area contributed by atoms with E-state index in [9.17, 15) is 0 Å². The molecule has 6 nitrogen and oxygen atoms in total. The molecule has 5 rings (SSSR count). The number of rotatable bonds is 5. The van der Waals surface area contributed by atoms with Crippen LogP contribution in [-0.2, 0) is 0 Å². The number of nitrogens with zero attached hydrogens (tertiary/aromatic N) is 4. The zero-order chi connectivity index (χ0) is 15.9. The molecule has 2 aromatic heterocycles. The maximum absolute atomic E-state index is 4.84. The van der Waals surface area contributed by atoms with E-state index < -0.39 is 0 Å². The summed E-state index contributed by atoms with van der Waals surface area (Å²) in [6.45, 7) is 1.62. The summed E-state index contributed by atoms with van der Waals surface area (Å²) in [4.78, 5) is 11.7. The van der Waals surface area contributed by atoms with Gasteiger partial charge in [-0.3, -0.25) is 14.8 Å². The molecular formula is C16H18N6S2. The van der Waals surface area contributed by atoms with Crippen molar-refractivity contribution in [1.82, 2.24) is 24.8 Å². The van der Waals surface area contributed by atoms with E-state index in [1.54, 1.807) is 11.3 Å². The molecular weight excluding hydrogens is 340 g/mol. The SMILES string of the molecule is c1csc(C2=NCC(c3cc[nH]n3)=C3CC(NSC4CC4)CN23)n1. The third-order valence-corrected chi connectivity index (χ3v) is 6.56. The Balaban J connectivity index is 1.46. The minimum absolute atomic E-state index is 0.447. The Morgan fingerprint density at radius 3 is 3.08 bits per heavy atom. The van der Waals surface area contributed by atoms with E-state index in [1.807, 2.05) is 35.8 Å². The molecule has 2 fully saturated rings. The second kappa shape index (κ2) is 6.02. The van der Waals surface area contributed by atoms with Crippen LogP contribution < -0.4 is 4.72 Å². The van der Waals surface area contributed by atoms with Gasteiger partial charge in [0.2, 0.25) is 0 Å². The molecule has 0 radical (unpaired) electrons. The summed E-state index contributed by atoms with van der Waals surface area (Å²) in [5.41, 5.74) is 3.58. The van der Waals surface area contributed by atoms with Gasteiger partial charge in [-0.2, -0.15) is 5.10 Å². The quantitative estimate of drug-likeness (QED) is 0.804. The van der Waals surface area contributed by atoms with Crippen LogP contribution in [0.1, 0.15) is 30.0 Å². The first-order valence-electron chi connectivity index (χ1n) is 8.23. The zero-order valence-corrected chi connectivity index (χ0v) is 14.7. The number of thiazole rings is 1. The molecule has 8 heteroatoms. The topological polar surface area (TPSA) is 69.2 Å². The van der Waals surface area contributed by atoms with Crippen LogP contribution in [-0.4, -0.2) is 50.3 Å². The summed E-state index contributed by atoms with van der Waals surface area (Å²) in [5, 5.41) is 11.1. The van der Waals surface area contributed by atoms with Crippen molar-refractivity contribution in [3.05, 3.63) is 40.2 Å². The second-order valence-corrected chi connectivity index (χ2v) is 8.34. The van der Waals surface area contributed by atoms with E-state index >= 15 is 0 Å². The predicted molar refractivity (Wildman–Crippen MR) is 97.9 cm³/mol. The Morgan fingerprint density at radius 2 is 2.33 bits per heavy atom. The Hall–Kier alpha value is -1.64. The van der Waals surface area contributed by atoms with E-state index in [4.69, 9.17) is 4.99 Å². The molecule has 124 valence electrons. The maximum atomic E-state index is 4.84.